The first-order valence-electron chi connectivity index (χ1n) is 9.03. The lowest BCUT2D eigenvalue weighted by Crippen LogP contribution is -2.10. The van der Waals surface area contributed by atoms with Crippen LogP contribution in [0.4, 0.5) is 10.1 Å². The molecule has 0 aliphatic heterocycles. The Morgan fingerprint density at radius 1 is 1.14 bits per heavy atom. The van der Waals surface area contributed by atoms with Crippen molar-refractivity contribution in [2.24, 2.45) is 7.05 Å². The monoisotopic (exact) mass is 376 g/mol. The Hall–Kier alpha value is -3.39. The van der Waals surface area contributed by atoms with E-state index in [2.05, 4.69) is 4.85 Å². The average Bonchev–Trinajstić information content (AvgIpc) is 2.95. The number of rotatable bonds is 5. The van der Waals surface area contributed by atoms with Gasteiger partial charge in [0.2, 0.25) is 0 Å². The predicted octanol–water partition coefficient (Wildman–Crippen LogP) is 5.46. The van der Waals surface area contributed by atoms with Gasteiger partial charge < -0.3 is 9.30 Å². The number of halogens is 1. The second-order valence-electron chi connectivity index (χ2n) is 6.52. The Bertz CT molecular complexity index is 1040. The summed E-state index contributed by atoms with van der Waals surface area (Å²) in [7, 11) is 1.91. The van der Waals surface area contributed by atoms with E-state index in [9.17, 15) is 9.18 Å². The van der Waals surface area contributed by atoms with Gasteiger partial charge >= 0.3 is 5.97 Å². The molecule has 2 aromatic carbocycles. The third-order valence-electron chi connectivity index (χ3n) is 4.86. The van der Waals surface area contributed by atoms with Gasteiger partial charge in [-0.3, -0.25) is 0 Å². The highest BCUT2D eigenvalue weighted by molar-refractivity contribution is 6.00. The molecule has 0 atom stereocenters. The molecule has 0 aliphatic rings. The predicted molar refractivity (Wildman–Crippen MR) is 107 cm³/mol. The fourth-order valence-electron chi connectivity index (χ4n) is 3.34. The van der Waals surface area contributed by atoms with E-state index >= 15 is 0 Å². The number of benzene rings is 2. The summed E-state index contributed by atoms with van der Waals surface area (Å²) in [5, 5.41) is 0. The molecule has 5 heteroatoms. The molecular formula is C23H21FN2O2. The molecule has 0 radical (unpaired) electrons. The van der Waals surface area contributed by atoms with Crippen LogP contribution in [0, 0.1) is 19.3 Å². The normalized spacial score (nSPS) is 10.5. The summed E-state index contributed by atoms with van der Waals surface area (Å²) in [4.78, 5) is 16.3. The van der Waals surface area contributed by atoms with E-state index in [4.69, 9.17) is 11.3 Å². The van der Waals surface area contributed by atoms with Crippen LogP contribution in [0.3, 0.4) is 0 Å². The van der Waals surface area contributed by atoms with E-state index in [-0.39, 0.29) is 18.4 Å². The Kier molecular flexibility index (Phi) is 5.60. The van der Waals surface area contributed by atoms with Crippen LogP contribution in [0.1, 0.15) is 34.2 Å². The Labute approximate surface area is 164 Å². The van der Waals surface area contributed by atoms with Gasteiger partial charge in [0.15, 0.2) is 5.69 Å². The molecule has 0 bridgehead atoms. The molecule has 0 amide bonds. The summed E-state index contributed by atoms with van der Waals surface area (Å²) in [5.74, 6) is -0.675. The standard InChI is InChI=1S/C23H21FN2O2/c1-5-28-23(27)22-20(14-16-6-10-18(24)11-7-16)26(4)15(2)21(22)17-8-12-19(25-3)13-9-17/h6-13H,5,14H2,1-2,4H3. The van der Waals surface area contributed by atoms with Gasteiger partial charge in [0.05, 0.1) is 18.7 Å². The van der Waals surface area contributed by atoms with Crippen molar-refractivity contribution >= 4 is 11.7 Å². The molecule has 142 valence electrons. The quantitative estimate of drug-likeness (QED) is 0.438. The van der Waals surface area contributed by atoms with Gasteiger partial charge in [-0.2, -0.15) is 0 Å². The lowest BCUT2D eigenvalue weighted by atomic mass is 9.98. The maximum Gasteiger partial charge on any atom is 0.340 e. The number of carbonyl (C=O) groups is 1. The lowest BCUT2D eigenvalue weighted by Gasteiger charge is -2.09. The molecule has 3 rings (SSSR count). The summed E-state index contributed by atoms with van der Waals surface area (Å²) in [6, 6.07) is 13.4. The zero-order chi connectivity index (χ0) is 20.3. The van der Waals surface area contributed by atoms with Crippen LogP contribution in [-0.2, 0) is 18.2 Å². The summed E-state index contributed by atoms with van der Waals surface area (Å²) in [6.07, 6.45) is 0.478. The Balaban J connectivity index is 2.17. The number of esters is 1. The number of carbonyl (C=O) groups excluding carboxylic acids is 1. The van der Waals surface area contributed by atoms with Gasteiger partial charge in [-0.1, -0.05) is 36.4 Å². The number of aromatic nitrogens is 1. The minimum absolute atomic E-state index is 0.277. The van der Waals surface area contributed by atoms with Crippen molar-refractivity contribution in [3.63, 3.8) is 0 Å². The molecule has 0 aliphatic carbocycles. The molecule has 28 heavy (non-hydrogen) atoms. The van der Waals surface area contributed by atoms with Crippen molar-refractivity contribution in [2.45, 2.75) is 20.3 Å². The van der Waals surface area contributed by atoms with Crippen LogP contribution >= 0.6 is 0 Å². The van der Waals surface area contributed by atoms with Crippen LogP contribution < -0.4 is 0 Å². The second kappa shape index (κ2) is 8.10. The Morgan fingerprint density at radius 3 is 2.36 bits per heavy atom. The molecular weight excluding hydrogens is 355 g/mol. The fraction of sp³-hybridized carbons (Fsp3) is 0.217. The van der Waals surface area contributed by atoms with Crippen molar-refractivity contribution in [3.05, 3.63) is 88.3 Å². The highest BCUT2D eigenvalue weighted by Gasteiger charge is 2.26. The molecule has 0 saturated heterocycles. The molecule has 3 aromatic rings. The van der Waals surface area contributed by atoms with Crippen molar-refractivity contribution in [2.75, 3.05) is 6.61 Å². The van der Waals surface area contributed by atoms with E-state index in [1.165, 1.54) is 12.1 Å². The molecule has 0 fully saturated rings. The first-order chi connectivity index (χ1) is 13.5. The molecule has 4 nitrogen and oxygen atoms in total. The second-order valence-corrected chi connectivity index (χ2v) is 6.52. The van der Waals surface area contributed by atoms with Crippen molar-refractivity contribution in [1.29, 1.82) is 0 Å². The number of hydrogen-bond donors (Lipinski definition) is 0. The minimum atomic E-state index is -0.382. The van der Waals surface area contributed by atoms with E-state index < -0.39 is 0 Å². The van der Waals surface area contributed by atoms with E-state index in [0.29, 0.717) is 17.7 Å². The maximum absolute atomic E-state index is 13.3. The fourth-order valence-corrected chi connectivity index (χ4v) is 3.34. The minimum Gasteiger partial charge on any atom is -0.462 e. The van der Waals surface area contributed by atoms with Gasteiger partial charge in [-0.05, 0) is 37.1 Å². The van der Waals surface area contributed by atoms with Crippen LogP contribution in [-0.4, -0.2) is 17.1 Å². The smallest absolute Gasteiger partial charge is 0.340 e. The number of ether oxygens (including phenoxy) is 1. The summed E-state index contributed by atoms with van der Waals surface area (Å²) >= 11 is 0. The maximum atomic E-state index is 13.3. The molecule has 0 spiro atoms. The molecule has 0 unspecified atom stereocenters. The van der Waals surface area contributed by atoms with Crippen LogP contribution in [0.5, 0.6) is 0 Å². The zero-order valence-corrected chi connectivity index (χ0v) is 16.1. The van der Waals surface area contributed by atoms with Crippen molar-refractivity contribution in [1.82, 2.24) is 4.57 Å². The van der Waals surface area contributed by atoms with Crippen LogP contribution in [0.25, 0.3) is 16.0 Å². The van der Waals surface area contributed by atoms with Crippen LogP contribution in [0.15, 0.2) is 48.5 Å². The highest BCUT2D eigenvalue weighted by atomic mass is 19.1. The van der Waals surface area contributed by atoms with Gasteiger partial charge in [0.25, 0.3) is 0 Å². The Morgan fingerprint density at radius 2 is 1.79 bits per heavy atom. The van der Waals surface area contributed by atoms with Crippen LogP contribution in [0.2, 0.25) is 0 Å². The topological polar surface area (TPSA) is 35.6 Å². The first-order valence-corrected chi connectivity index (χ1v) is 9.03. The van der Waals surface area contributed by atoms with Crippen molar-refractivity contribution < 1.29 is 13.9 Å². The van der Waals surface area contributed by atoms with Gasteiger partial charge in [0.1, 0.15) is 5.82 Å². The SMILES string of the molecule is [C-]#[N+]c1ccc(-c2c(C(=O)OCC)c(Cc3ccc(F)cc3)n(C)c2C)cc1. The molecule has 1 heterocycles. The molecule has 1 aromatic heterocycles. The van der Waals surface area contributed by atoms with Gasteiger partial charge in [-0.15, -0.1) is 0 Å². The number of hydrogen-bond acceptors (Lipinski definition) is 2. The average molecular weight is 376 g/mol. The third kappa shape index (κ3) is 3.67. The summed E-state index contributed by atoms with van der Waals surface area (Å²) < 4.78 is 20.6. The largest absolute Gasteiger partial charge is 0.462 e. The molecule has 0 N–H and O–H groups in total. The third-order valence-corrected chi connectivity index (χ3v) is 4.86. The van der Waals surface area contributed by atoms with Gasteiger partial charge in [0, 0.05) is 30.4 Å². The van der Waals surface area contributed by atoms with E-state index in [1.54, 1.807) is 31.2 Å². The van der Waals surface area contributed by atoms with Crippen molar-refractivity contribution in [3.8, 4) is 11.1 Å². The summed E-state index contributed by atoms with van der Waals surface area (Å²) in [6.45, 7) is 11.1. The van der Waals surface area contributed by atoms with E-state index in [0.717, 1.165) is 28.1 Å². The lowest BCUT2D eigenvalue weighted by molar-refractivity contribution is 0.0526. The molecule has 0 saturated carbocycles. The highest BCUT2D eigenvalue weighted by Crippen LogP contribution is 2.34. The summed E-state index contributed by atoms with van der Waals surface area (Å²) in [5.41, 5.74) is 5.36. The van der Waals surface area contributed by atoms with E-state index in [1.807, 2.05) is 30.7 Å². The van der Waals surface area contributed by atoms with Gasteiger partial charge in [-0.25, -0.2) is 14.0 Å². The zero-order valence-electron chi connectivity index (χ0n) is 16.1. The number of nitrogens with zero attached hydrogens (tertiary/aromatic N) is 2. The first kappa shape index (κ1) is 19.4.